The zero-order chi connectivity index (χ0) is 24.9. The number of amides is 1. The van der Waals surface area contributed by atoms with Crippen LogP contribution in [0.3, 0.4) is 0 Å². The Bertz CT molecular complexity index is 1280. The maximum Gasteiger partial charge on any atom is 0.270 e. The molecule has 1 aliphatic rings. The lowest BCUT2D eigenvalue weighted by Gasteiger charge is -2.15. The third-order valence-corrected chi connectivity index (χ3v) is 7.19. The summed E-state index contributed by atoms with van der Waals surface area (Å²) in [6.07, 6.45) is 1.80. The van der Waals surface area contributed by atoms with Crippen molar-refractivity contribution in [2.45, 2.75) is 13.5 Å². The number of thiocarbonyl (C=S) groups is 1. The number of carbonyl (C=O) groups is 1. The summed E-state index contributed by atoms with van der Waals surface area (Å²) in [4.78, 5) is 15.2. The lowest BCUT2D eigenvalue weighted by molar-refractivity contribution is -0.113. The largest absolute Gasteiger partial charge is 0.497 e. The highest BCUT2D eigenvalue weighted by atomic mass is 79.9. The quantitative estimate of drug-likeness (QED) is 0.200. The second kappa shape index (κ2) is 11.5. The Kier molecular flexibility index (Phi) is 8.38. The predicted octanol–water partition coefficient (Wildman–Crippen LogP) is 7.49. The number of hydrogen-bond donors (Lipinski definition) is 0. The Morgan fingerprint density at radius 2 is 1.80 bits per heavy atom. The predicted molar refractivity (Wildman–Crippen MR) is 150 cm³/mol. The number of carbonyl (C=O) groups excluding carboxylic acids is 1. The molecule has 1 fully saturated rings. The molecule has 1 heterocycles. The number of nitrogens with zero attached hydrogens (tertiary/aromatic N) is 1. The maximum atomic E-state index is 13.2. The Balaban J connectivity index is 1.58. The number of halogens is 2. The normalized spacial score (nSPS) is 14.5. The van der Waals surface area contributed by atoms with E-state index in [0.29, 0.717) is 54.9 Å². The molecule has 0 aliphatic carbocycles. The van der Waals surface area contributed by atoms with Crippen LogP contribution in [0.15, 0.2) is 70.0 Å². The second-order valence-electron chi connectivity index (χ2n) is 7.39. The van der Waals surface area contributed by atoms with Crippen LogP contribution >= 0.6 is 51.5 Å². The molecule has 0 saturated carbocycles. The minimum atomic E-state index is -0.178. The average Bonchev–Trinajstić information content (AvgIpc) is 3.12. The summed E-state index contributed by atoms with van der Waals surface area (Å²) in [5.41, 5.74) is 2.46. The van der Waals surface area contributed by atoms with Gasteiger partial charge in [0.1, 0.15) is 12.4 Å². The van der Waals surface area contributed by atoms with Crippen molar-refractivity contribution in [3.63, 3.8) is 0 Å². The van der Waals surface area contributed by atoms with Gasteiger partial charge in [-0.1, -0.05) is 47.7 Å². The fraction of sp³-hybridized carbons (Fsp3) is 0.154. The molecular formula is C26H21BrClNO4S2. The molecule has 0 aromatic heterocycles. The number of thioether (sulfide) groups is 1. The number of hydrogen-bond acceptors (Lipinski definition) is 6. The zero-order valence-electron chi connectivity index (χ0n) is 18.9. The Morgan fingerprint density at radius 3 is 2.46 bits per heavy atom. The van der Waals surface area contributed by atoms with Gasteiger partial charge in [0, 0.05) is 5.02 Å². The van der Waals surface area contributed by atoms with Crippen LogP contribution in [-0.2, 0) is 11.4 Å². The summed E-state index contributed by atoms with van der Waals surface area (Å²) in [6.45, 7) is 2.73. The summed E-state index contributed by atoms with van der Waals surface area (Å²) in [5, 5.41) is 0.673. The van der Waals surface area contributed by atoms with E-state index in [1.165, 1.54) is 16.7 Å². The minimum absolute atomic E-state index is 0.178. The van der Waals surface area contributed by atoms with E-state index in [0.717, 1.165) is 11.1 Å². The van der Waals surface area contributed by atoms with Crippen LogP contribution in [0.25, 0.3) is 6.08 Å². The highest BCUT2D eigenvalue weighted by Crippen LogP contribution is 2.40. The first-order chi connectivity index (χ1) is 16.9. The van der Waals surface area contributed by atoms with Crippen molar-refractivity contribution < 1.29 is 19.0 Å². The van der Waals surface area contributed by atoms with E-state index in [2.05, 4.69) is 15.9 Å². The van der Waals surface area contributed by atoms with E-state index < -0.39 is 0 Å². The molecule has 5 nitrogen and oxygen atoms in total. The van der Waals surface area contributed by atoms with Gasteiger partial charge < -0.3 is 14.2 Å². The van der Waals surface area contributed by atoms with Gasteiger partial charge in [0.2, 0.25) is 0 Å². The summed E-state index contributed by atoms with van der Waals surface area (Å²) in [5.74, 6) is 1.70. The Morgan fingerprint density at radius 1 is 1.09 bits per heavy atom. The monoisotopic (exact) mass is 589 g/mol. The summed E-state index contributed by atoms with van der Waals surface area (Å²) in [7, 11) is 1.60. The topological polar surface area (TPSA) is 48.0 Å². The van der Waals surface area contributed by atoms with Crippen molar-refractivity contribution in [2.75, 3.05) is 18.6 Å². The van der Waals surface area contributed by atoms with E-state index in [9.17, 15) is 4.79 Å². The molecule has 3 aromatic carbocycles. The van der Waals surface area contributed by atoms with Crippen molar-refractivity contribution in [3.8, 4) is 17.2 Å². The molecule has 1 amide bonds. The van der Waals surface area contributed by atoms with Gasteiger partial charge in [0.05, 0.1) is 28.8 Å². The first-order valence-electron chi connectivity index (χ1n) is 10.6. The number of benzene rings is 3. The van der Waals surface area contributed by atoms with Gasteiger partial charge in [-0.3, -0.25) is 9.69 Å². The first-order valence-corrected chi connectivity index (χ1v) is 13.0. The van der Waals surface area contributed by atoms with Gasteiger partial charge in [0.15, 0.2) is 15.8 Å². The van der Waals surface area contributed by atoms with Gasteiger partial charge in [-0.05, 0) is 88.6 Å². The Labute approximate surface area is 227 Å². The molecule has 0 spiro atoms. The molecule has 4 rings (SSSR count). The molecule has 35 heavy (non-hydrogen) atoms. The molecule has 9 heteroatoms. The van der Waals surface area contributed by atoms with Crippen LogP contribution in [0.4, 0.5) is 5.69 Å². The van der Waals surface area contributed by atoms with E-state index in [1.807, 2.05) is 55.5 Å². The maximum absolute atomic E-state index is 13.2. The molecule has 0 atom stereocenters. The lowest BCUT2D eigenvalue weighted by Crippen LogP contribution is -2.27. The summed E-state index contributed by atoms with van der Waals surface area (Å²) < 4.78 is 18.3. The Hall–Kier alpha value is -2.52. The molecular weight excluding hydrogens is 570 g/mol. The number of anilines is 1. The number of rotatable bonds is 8. The van der Waals surface area contributed by atoms with Crippen molar-refractivity contribution in [2.24, 2.45) is 0 Å². The molecule has 1 aliphatic heterocycles. The summed E-state index contributed by atoms with van der Waals surface area (Å²) in [6, 6.07) is 18.4. The second-order valence-corrected chi connectivity index (χ2v) is 10.4. The van der Waals surface area contributed by atoms with Gasteiger partial charge in [0.25, 0.3) is 5.91 Å². The lowest BCUT2D eigenvalue weighted by atomic mass is 10.1. The van der Waals surface area contributed by atoms with Crippen LogP contribution in [0.1, 0.15) is 18.1 Å². The average molecular weight is 591 g/mol. The first kappa shape index (κ1) is 25.6. The highest BCUT2D eigenvalue weighted by molar-refractivity contribution is 9.10. The van der Waals surface area contributed by atoms with E-state index in [1.54, 1.807) is 25.3 Å². The van der Waals surface area contributed by atoms with Crippen LogP contribution in [0, 0.1) is 0 Å². The molecule has 0 radical (unpaired) electrons. The van der Waals surface area contributed by atoms with E-state index in [-0.39, 0.29) is 5.91 Å². The van der Waals surface area contributed by atoms with Crippen molar-refractivity contribution in [1.29, 1.82) is 0 Å². The van der Waals surface area contributed by atoms with Crippen molar-refractivity contribution >= 4 is 73.5 Å². The smallest absolute Gasteiger partial charge is 0.270 e. The van der Waals surface area contributed by atoms with Crippen molar-refractivity contribution in [1.82, 2.24) is 0 Å². The molecule has 180 valence electrons. The molecule has 0 N–H and O–H groups in total. The van der Waals surface area contributed by atoms with Crippen LogP contribution in [0.5, 0.6) is 17.2 Å². The third-order valence-electron chi connectivity index (χ3n) is 5.05. The van der Waals surface area contributed by atoms with E-state index in [4.69, 9.17) is 38.0 Å². The van der Waals surface area contributed by atoms with Gasteiger partial charge in [-0.2, -0.15) is 0 Å². The minimum Gasteiger partial charge on any atom is -0.497 e. The summed E-state index contributed by atoms with van der Waals surface area (Å²) >= 11 is 16.3. The van der Waals surface area contributed by atoms with Gasteiger partial charge >= 0.3 is 0 Å². The molecule has 0 unspecified atom stereocenters. The van der Waals surface area contributed by atoms with Gasteiger partial charge in [-0.15, -0.1) is 0 Å². The van der Waals surface area contributed by atoms with Gasteiger partial charge in [-0.25, -0.2) is 0 Å². The molecule has 1 saturated heterocycles. The molecule has 3 aromatic rings. The fourth-order valence-electron chi connectivity index (χ4n) is 3.38. The molecule has 0 bridgehead atoms. The standard InChI is InChI=1S/C26H21BrClNO4S2/c1-3-32-22-13-17(12-21(27)24(22)33-15-16-4-6-18(28)7-5-16)14-23-25(30)29(26(34)35-23)19-8-10-20(31-2)11-9-19/h4-14H,3,15H2,1-2H3/b23-14-. The zero-order valence-corrected chi connectivity index (χ0v) is 22.9. The van der Waals surface area contributed by atoms with Crippen LogP contribution in [0.2, 0.25) is 5.02 Å². The van der Waals surface area contributed by atoms with Crippen LogP contribution < -0.4 is 19.1 Å². The highest BCUT2D eigenvalue weighted by Gasteiger charge is 2.33. The SMILES string of the molecule is CCOc1cc(/C=C2\SC(=S)N(c3ccc(OC)cc3)C2=O)cc(Br)c1OCc1ccc(Cl)cc1. The number of ether oxygens (including phenoxy) is 3. The fourth-order valence-corrected chi connectivity index (χ4v) is 5.38. The van der Waals surface area contributed by atoms with Crippen LogP contribution in [-0.4, -0.2) is 23.9 Å². The third kappa shape index (κ3) is 6.01. The van der Waals surface area contributed by atoms with E-state index >= 15 is 0 Å². The van der Waals surface area contributed by atoms with Crippen molar-refractivity contribution in [3.05, 3.63) is 86.2 Å². The number of methoxy groups -OCH3 is 1.